The summed E-state index contributed by atoms with van der Waals surface area (Å²) in [6.45, 7) is 1.81. The zero-order valence-corrected chi connectivity index (χ0v) is 7.70. The Hall–Kier alpha value is -0.470. The predicted molar refractivity (Wildman–Crippen MR) is 45.5 cm³/mol. The number of hydrogen-bond donors (Lipinski definition) is 0. The SMILES string of the molecule is COc1c(C)ncc(Cl)c1Cl. The van der Waals surface area contributed by atoms with Crippen LogP contribution in [-0.2, 0) is 0 Å². The van der Waals surface area contributed by atoms with Gasteiger partial charge in [-0.3, -0.25) is 4.98 Å². The van der Waals surface area contributed by atoms with Crippen molar-refractivity contribution < 1.29 is 4.74 Å². The minimum atomic E-state index is 0.411. The van der Waals surface area contributed by atoms with E-state index in [1.807, 2.05) is 0 Å². The molecule has 0 radical (unpaired) electrons. The van der Waals surface area contributed by atoms with Crippen LogP contribution >= 0.6 is 23.2 Å². The third-order valence-electron chi connectivity index (χ3n) is 1.31. The van der Waals surface area contributed by atoms with Gasteiger partial charge in [-0.15, -0.1) is 0 Å². The molecule has 4 heteroatoms. The van der Waals surface area contributed by atoms with Gasteiger partial charge < -0.3 is 4.74 Å². The second kappa shape index (κ2) is 3.28. The summed E-state index contributed by atoms with van der Waals surface area (Å²) in [5.41, 5.74) is 0.738. The molecule has 0 saturated heterocycles. The monoisotopic (exact) mass is 191 g/mol. The highest BCUT2D eigenvalue weighted by Gasteiger charge is 2.08. The Balaban J connectivity index is 3.29. The molecule has 0 atom stereocenters. The number of ether oxygens (including phenoxy) is 1. The maximum atomic E-state index is 5.80. The Morgan fingerprint density at radius 3 is 2.55 bits per heavy atom. The Morgan fingerprint density at radius 1 is 1.45 bits per heavy atom. The molecule has 1 aromatic heterocycles. The van der Waals surface area contributed by atoms with Gasteiger partial charge in [-0.25, -0.2) is 0 Å². The summed E-state index contributed by atoms with van der Waals surface area (Å²) in [4.78, 5) is 3.97. The lowest BCUT2D eigenvalue weighted by Crippen LogP contribution is -1.91. The summed E-state index contributed by atoms with van der Waals surface area (Å²) < 4.78 is 4.98. The summed E-state index contributed by atoms with van der Waals surface area (Å²) >= 11 is 11.5. The molecule has 0 aliphatic rings. The van der Waals surface area contributed by atoms with E-state index < -0.39 is 0 Å². The average molecular weight is 192 g/mol. The standard InChI is InChI=1S/C7H7Cl2NO/c1-4-7(11-2)6(9)5(8)3-10-4/h3H,1-2H3. The molecule has 0 aliphatic carbocycles. The van der Waals surface area contributed by atoms with Crippen LogP contribution in [0.15, 0.2) is 6.20 Å². The van der Waals surface area contributed by atoms with E-state index in [0.29, 0.717) is 15.8 Å². The zero-order chi connectivity index (χ0) is 8.43. The molecule has 2 nitrogen and oxygen atoms in total. The third-order valence-corrected chi connectivity index (χ3v) is 2.07. The van der Waals surface area contributed by atoms with Gasteiger partial charge in [-0.2, -0.15) is 0 Å². The van der Waals surface area contributed by atoms with Gasteiger partial charge in [0, 0.05) is 6.20 Å². The summed E-state index contributed by atoms with van der Waals surface area (Å²) in [7, 11) is 1.53. The Bertz CT molecular complexity index is 275. The lowest BCUT2D eigenvalue weighted by Gasteiger charge is -2.05. The summed E-state index contributed by atoms with van der Waals surface area (Å²) in [5.74, 6) is 0.541. The van der Waals surface area contributed by atoms with Crippen molar-refractivity contribution in [1.82, 2.24) is 4.98 Å². The minimum Gasteiger partial charge on any atom is -0.493 e. The predicted octanol–water partition coefficient (Wildman–Crippen LogP) is 2.71. The second-order valence-electron chi connectivity index (χ2n) is 2.04. The molecular weight excluding hydrogens is 185 g/mol. The van der Waals surface area contributed by atoms with Gasteiger partial charge in [0.05, 0.1) is 17.8 Å². The average Bonchev–Trinajstić information content (AvgIpc) is 1.99. The van der Waals surface area contributed by atoms with Crippen molar-refractivity contribution in [3.8, 4) is 5.75 Å². The molecule has 0 fully saturated rings. The molecule has 60 valence electrons. The number of rotatable bonds is 1. The molecule has 1 rings (SSSR count). The molecule has 0 N–H and O–H groups in total. The number of aryl methyl sites for hydroxylation is 1. The largest absolute Gasteiger partial charge is 0.493 e. The van der Waals surface area contributed by atoms with E-state index in [1.165, 1.54) is 13.3 Å². The fraction of sp³-hybridized carbons (Fsp3) is 0.286. The van der Waals surface area contributed by atoms with E-state index in [4.69, 9.17) is 27.9 Å². The number of aromatic nitrogens is 1. The molecule has 1 heterocycles. The van der Waals surface area contributed by atoms with E-state index >= 15 is 0 Å². The van der Waals surface area contributed by atoms with Gasteiger partial charge in [-0.05, 0) is 6.92 Å². The Morgan fingerprint density at radius 2 is 2.09 bits per heavy atom. The number of nitrogens with zero attached hydrogens (tertiary/aromatic N) is 1. The summed E-state index contributed by atoms with van der Waals surface area (Å²) in [6, 6.07) is 0. The normalized spacial score (nSPS) is 9.82. The maximum absolute atomic E-state index is 5.80. The Kier molecular flexibility index (Phi) is 2.58. The van der Waals surface area contributed by atoms with E-state index in [9.17, 15) is 0 Å². The lowest BCUT2D eigenvalue weighted by molar-refractivity contribution is 0.409. The van der Waals surface area contributed by atoms with Crippen LogP contribution in [0.4, 0.5) is 0 Å². The van der Waals surface area contributed by atoms with Crippen molar-refractivity contribution in [2.75, 3.05) is 7.11 Å². The highest BCUT2D eigenvalue weighted by Crippen LogP contribution is 2.32. The molecule has 11 heavy (non-hydrogen) atoms. The zero-order valence-electron chi connectivity index (χ0n) is 6.19. The lowest BCUT2D eigenvalue weighted by atomic mass is 10.3. The van der Waals surface area contributed by atoms with Crippen molar-refractivity contribution in [3.05, 3.63) is 21.9 Å². The number of methoxy groups -OCH3 is 1. The highest BCUT2D eigenvalue weighted by atomic mass is 35.5. The van der Waals surface area contributed by atoms with Gasteiger partial charge in [0.2, 0.25) is 0 Å². The number of pyridine rings is 1. The van der Waals surface area contributed by atoms with Crippen LogP contribution in [0.1, 0.15) is 5.69 Å². The van der Waals surface area contributed by atoms with Crippen LogP contribution in [-0.4, -0.2) is 12.1 Å². The topological polar surface area (TPSA) is 22.1 Å². The molecule has 0 spiro atoms. The quantitative estimate of drug-likeness (QED) is 0.682. The van der Waals surface area contributed by atoms with Crippen molar-refractivity contribution >= 4 is 23.2 Å². The molecule has 0 saturated carbocycles. The van der Waals surface area contributed by atoms with E-state index in [-0.39, 0.29) is 0 Å². The van der Waals surface area contributed by atoms with Gasteiger partial charge in [0.25, 0.3) is 0 Å². The third kappa shape index (κ3) is 1.57. The maximum Gasteiger partial charge on any atom is 0.160 e. The molecule has 1 aromatic rings. The van der Waals surface area contributed by atoms with Crippen molar-refractivity contribution in [3.63, 3.8) is 0 Å². The van der Waals surface area contributed by atoms with Gasteiger partial charge >= 0.3 is 0 Å². The first kappa shape index (κ1) is 8.62. The first-order chi connectivity index (χ1) is 5.16. The molecule has 0 unspecified atom stereocenters. The fourth-order valence-corrected chi connectivity index (χ4v) is 1.17. The molecule has 0 bridgehead atoms. The van der Waals surface area contributed by atoms with Crippen LogP contribution in [0, 0.1) is 6.92 Å². The van der Waals surface area contributed by atoms with Gasteiger partial charge in [0.1, 0.15) is 5.02 Å². The van der Waals surface area contributed by atoms with Crippen molar-refractivity contribution in [1.29, 1.82) is 0 Å². The van der Waals surface area contributed by atoms with Gasteiger partial charge in [-0.1, -0.05) is 23.2 Å². The van der Waals surface area contributed by atoms with Crippen molar-refractivity contribution in [2.24, 2.45) is 0 Å². The molecule has 0 amide bonds. The minimum absolute atomic E-state index is 0.411. The Labute approximate surface area is 75.1 Å². The number of hydrogen-bond acceptors (Lipinski definition) is 2. The van der Waals surface area contributed by atoms with Crippen LogP contribution < -0.4 is 4.74 Å². The van der Waals surface area contributed by atoms with E-state index in [0.717, 1.165) is 5.69 Å². The van der Waals surface area contributed by atoms with E-state index in [2.05, 4.69) is 4.98 Å². The first-order valence-electron chi connectivity index (χ1n) is 3.01. The highest BCUT2D eigenvalue weighted by molar-refractivity contribution is 6.42. The molecular formula is C7H7Cl2NO. The first-order valence-corrected chi connectivity index (χ1v) is 3.77. The van der Waals surface area contributed by atoms with Crippen LogP contribution in [0.5, 0.6) is 5.75 Å². The van der Waals surface area contributed by atoms with Gasteiger partial charge in [0.15, 0.2) is 5.75 Å². The van der Waals surface area contributed by atoms with Crippen LogP contribution in [0.2, 0.25) is 10.0 Å². The summed E-state index contributed by atoms with van der Waals surface area (Å²) in [5, 5.41) is 0.829. The van der Waals surface area contributed by atoms with Crippen LogP contribution in [0.25, 0.3) is 0 Å². The van der Waals surface area contributed by atoms with E-state index in [1.54, 1.807) is 6.92 Å². The number of halogens is 2. The molecule has 0 aliphatic heterocycles. The summed E-state index contributed by atoms with van der Waals surface area (Å²) in [6.07, 6.45) is 1.50. The van der Waals surface area contributed by atoms with Crippen LogP contribution in [0.3, 0.4) is 0 Å². The fourth-order valence-electron chi connectivity index (χ4n) is 0.773. The smallest absolute Gasteiger partial charge is 0.160 e. The van der Waals surface area contributed by atoms with Crippen molar-refractivity contribution in [2.45, 2.75) is 6.92 Å². The molecule has 0 aromatic carbocycles. The second-order valence-corrected chi connectivity index (χ2v) is 2.82.